The summed E-state index contributed by atoms with van der Waals surface area (Å²) in [6.45, 7) is 7.18. The monoisotopic (exact) mass is 378 g/mol. The average molecular weight is 379 g/mol. The van der Waals surface area contributed by atoms with Gasteiger partial charge in [0.15, 0.2) is 0 Å². The number of benzene rings is 2. The van der Waals surface area contributed by atoms with Gasteiger partial charge in [0.2, 0.25) is 0 Å². The van der Waals surface area contributed by atoms with Crippen LogP contribution >= 0.6 is 23.2 Å². The van der Waals surface area contributed by atoms with Crippen molar-refractivity contribution in [1.82, 2.24) is 4.90 Å². The molecule has 0 aliphatic carbocycles. The van der Waals surface area contributed by atoms with Crippen LogP contribution in [0.1, 0.15) is 29.5 Å². The number of anilines is 1. The molecule has 0 fully saturated rings. The molecule has 0 saturated heterocycles. The molecule has 0 N–H and O–H groups in total. The molecule has 2 aromatic carbocycles. The summed E-state index contributed by atoms with van der Waals surface area (Å²) in [5.41, 5.74) is 4.90. The van der Waals surface area contributed by atoms with Gasteiger partial charge in [-0.1, -0.05) is 58.6 Å². The van der Waals surface area contributed by atoms with Gasteiger partial charge >= 0.3 is 0 Å². The molecule has 2 aromatic rings. The Morgan fingerprint density at radius 2 is 1.52 bits per heavy atom. The van der Waals surface area contributed by atoms with Crippen LogP contribution < -0.4 is 4.90 Å². The number of unbranched alkanes of at least 4 members (excludes halogenated alkanes) is 1. The highest BCUT2D eigenvalue weighted by atomic mass is 35.5. The lowest BCUT2D eigenvalue weighted by atomic mass is 10.1. The van der Waals surface area contributed by atoms with Crippen LogP contribution in [0.3, 0.4) is 0 Å². The second-order valence-electron chi connectivity index (χ2n) is 7.00. The number of hydrogen-bond donors (Lipinski definition) is 0. The van der Waals surface area contributed by atoms with Crippen molar-refractivity contribution in [1.29, 1.82) is 0 Å². The summed E-state index contributed by atoms with van der Waals surface area (Å²) >= 11 is 12.7. The molecule has 4 heteroatoms. The van der Waals surface area contributed by atoms with E-state index >= 15 is 0 Å². The first-order valence-corrected chi connectivity index (χ1v) is 9.53. The summed E-state index contributed by atoms with van der Waals surface area (Å²) in [7, 11) is 4.22. The van der Waals surface area contributed by atoms with Crippen molar-refractivity contribution in [2.45, 2.75) is 33.2 Å². The lowest BCUT2D eigenvalue weighted by molar-refractivity contribution is 0.394. The molecule has 2 nitrogen and oxygen atoms in total. The largest absolute Gasteiger partial charge is 0.366 e. The smallest absolute Gasteiger partial charge is 0.0825 e. The first-order valence-electron chi connectivity index (χ1n) is 8.77. The molecule has 0 atom stereocenters. The Balaban J connectivity index is 2.20. The Bertz CT molecular complexity index is 678. The summed E-state index contributed by atoms with van der Waals surface area (Å²) in [4.78, 5) is 4.57. The van der Waals surface area contributed by atoms with Gasteiger partial charge in [-0.2, -0.15) is 0 Å². The van der Waals surface area contributed by atoms with E-state index in [0.29, 0.717) is 10.0 Å². The van der Waals surface area contributed by atoms with E-state index in [2.05, 4.69) is 62.0 Å². The minimum atomic E-state index is 0.609. The standard InChI is InChI=1S/C21H28Cl2N2/c1-16-12-17(2)14-18(13-16)15-25(11-6-5-10-24(3)4)20-9-7-8-19(22)21(20)23/h7-9,12-14H,5-6,10-11,15H2,1-4H3. The van der Waals surface area contributed by atoms with Gasteiger partial charge < -0.3 is 9.80 Å². The Hall–Kier alpha value is -1.22. The van der Waals surface area contributed by atoms with Crippen LogP contribution in [-0.4, -0.2) is 32.1 Å². The van der Waals surface area contributed by atoms with E-state index in [1.165, 1.54) is 16.7 Å². The second kappa shape index (κ2) is 9.47. The number of rotatable bonds is 8. The molecule has 0 unspecified atom stereocenters. The Labute approximate surface area is 162 Å². The summed E-state index contributed by atoms with van der Waals surface area (Å²) in [6, 6.07) is 12.6. The third kappa shape index (κ3) is 6.22. The molecule has 0 aromatic heterocycles. The van der Waals surface area contributed by atoms with Gasteiger partial charge in [0.1, 0.15) is 0 Å². The molecule has 0 radical (unpaired) electrons. The summed E-state index contributed by atoms with van der Waals surface area (Å²) < 4.78 is 0. The van der Waals surface area contributed by atoms with Crippen LogP contribution in [0.15, 0.2) is 36.4 Å². The molecule has 0 aliphatic rings. The van der Waals surface area contributed by atoms with E-state index in [9.17, 15) is 0 Å². The van der Waals surface area contributed by atoms with Crippen molar-refractivity contribution in [2.75, 3.05) is 32.1 Å². The Morgan fingerprint density at radius 1 is 0.880 bits per heavy atom. The Kier molecular flexibility index (Phi) is 7.61. The molecule has 2 rings (SSSR count). The summed E-state index contributed by atoms with van der Waals surface area (Å²) in [6.07, 6.45) is 2.28. The maximum atomic E-state index is 6.50. The van der Waals surface area contributed by atoms with Gasteiger partial charge in [-0.25, -0.2) is 0 Å². The maximum Gasteiger partial charge on any atom is 0.0825 e. The SMILES string of the molecule is Cc1cc(C)cc(CN(CCCCN(C)C)c2cccc(Cl)c2Cl)c1. The number of halogens is 2. The van der Waals surface area contributed by atoms with Gasteiger partial charge in [-0.05, 0) is 65.0 Å². The van der Waals surface area contributed by atoms with E-state index in [1.54, 1.807) is 0 Å². The zero-order chi connectivity index (χ0) is 18.4. The zero-order valence-electron chi connectivity index (χ0n) is 15.6. The van der Waals surface area contributed by atoms with Gasteiger partial charge in [0, 0.05) is 13.1 Å². The highest BCUT2D eigenvalue weighted by molar-refractivity contribution is 6.43. The normalized spacial score (nSPS) is 11.2. The van der Waals surface area contributed by atoms with Gasteiger partial charge in [-0.3, -0.25) is 0 Å². The number of nitrogens with zero attached hydrogens (tertiary/aromatic N) is 2. The highest BCUT2D eigenvalue weighted by Gasteiger charge is 2.13. The van der Waals surface area contributed by atoms with Crippen LogP contribution in [0.25, 0.3) is 0 Å². The van der Waals surface area contributed by atoms with Crippen molar-refractivity contribution in [2.24, 2.45) is 0 Å². The van der Waals surface area contributed by atoms with E-state index in [4.69, 9.17) is 23.2 Å². The molecular formula is C21H28Cl2N2. The van der Waals surface area contributed by atoms with Gasteiger partial charge in [0.25, 0.3) is 0 Å². The van der Waals surface area contributed by atoms with E-state index in [-0.39, 0.29) is 0 Å². The lowest BCUT2D eigenvalue weighted by Crippen LogP contribution is -2.25. The average Bonchev–Trinajstić information content (AvgIpc) is 2.52. The van der Waals surface area contributed by atoms with Crippen molar-refractivity contribution >= 4 is 28.9 Å². The predicted molar refractivity (Wildman–Crippen MR) is 111 cm³/mol. The predicted octanol–water partition coefficient (Wildman–Crippen LogP) is 5.96. The van der Waals surface area contributed by atoms with Crippen LogP contribution in [0, 0.1) is 13.8 Å². The number of aryl methyl sites for hydroxylation is 2. The first kappa shape index (κ1) is 20.1. The fraction of sp³-hybridized carbons (Fsp3) is 0.429. The molecule has 0 bridgehead atoms. The third-order valence-electron chi connectivity index (χ3n) is 4.21. The highest BCUT2D eigenvalue weighted by Crippen LogP contribution is 2.33. The van der Waals surface area contributed by atoms with Crippen molar-refractivity contribution in [3.63, 3.8) is 0 Å². The maximum absolute atomic E-state index is 6.50. The van der Waals surface area contributed by atoms with Crippen molar-refractivity contribution in [3.8, 4) is 0 Å². The number of hydrogen-bond acceptors (Lipinski definition) is 2. The quantitative estimate of drug-likeness (QED) is 0.522. The fourth-order valence-corrected chi connectivity index (χ4v) is 3.55. The zero-order valence-corrected chi connectivity index (χ0v) is 17.2. The molecule has 0 aliphatic heterocycles. The van der Waals surface area contributed by atoms with E-state index in [0.717, 1.165) is 38.2 Å². The molecular weight excluding hydrogens is 351 g/mol. The molecule has 0 amide bonds. The minimum Gasteiger partial charge on any atom is -0.366 e. The third-order valence-corrected chi connectivity index (χ3v) is 5.02. The minimum absolute atomic E-state index is 0.609. The molecule has 0 spiro atoms. The topological polar surface area (TPSA) is 6.48 Å². The lowest BCUT2D eigenvalue weighted by Gasteiger charge is -2.27. The fourth-order valence-electron chi connectivity index (χ4n) is 3.13. The van der Waals surface area contributed by atoms with Crippen LogP contribution in [-0.2, 0) is 6.54 Å². The van der Waals surface area contributed by atoms with Gasteiger partial charge in [-0.15, -0.1) is 0 Å². The Morgan fingerprint density at radius 3 is 2.16 bits per heavy atom. The molecule has 0 heterocycles. The van der Waals surface area contributed by atoms with Crippen LogP contribution in [0.5, 0.6) is 0 Å². The van der Waals surface area contributed by atoms with E-state index < -0.39 is 0 Å². The summed E-state index contributed by atoms with van der Waals surface area (Å²) in [5, 5.41) is 1.25. The van der Waals surface area contributed by atoms with Gasteiger partial charge in [0.05, 0.1) is 15.7 Å². The van der Waals surface area contributed by atoms with Crippen molar-refractivity contribution in [3.05, 3.63) is 63.1 Å². The molecule has 0 saturated carbocycles. The second-order valence-corrected chi connectivity index (χ2v) is 7.79. The van der Waals surface area contributed by atoms with Crippen molar-refractivity contribution < 1.29 is 0 Å². The molecule has 136 valence electrons. The summed E-state index contributed by atoms with van der Waals surface area (Å²) in [5.74, 6) is 0. The molecule has 25 heavy (non-hydrogen) atoms. The first-order chi connectivity index (χ1) is 11.9. The van der Waals surface area contributed by atoms with Crippen LogP contribution in [0.2, 0.25) is 10.0 Å². The van der Waals surface area contributed by atoms with E-state index in [1.807, 2.05) is 12.1 Å². The van der Waals surface area contributed by atoms with Crippen LogP contribution in [0.4, 0.5) is 5.69 Å².